The van der Waals surface area contributed by atoms with E-state index in [0.717, 1.165) is 24.6 Å². The van der Waals surface area contributed by atoms with E-state index in [2.05, 4.69) is 15.3 Å². The Morgan fingerprint density at radius 2 is 2.11 bits per heavy atom. The molecule has 0 saturated carbocycles. The molecule has 1 aliphatic heterocycles. The molecule has 8 heteroatoms. The van der Waals surface area contributed by atoms with Gasteiger partial charge in [0.15, 0.2) is 5.65 Å². The summed E-state index contributed by atoms with van der Waals surface area (Å²) < 4.78 is 20.8. The minimum atomic E-state index is -0.628. The van der Waals surface area contributed by atoms with Gasteiger partial charge in [-0.15, -0.1) is 0 Å². The molecule has 7 nitrogen and oxygen atoms in total. The van der Waals surface area contributed by atoms with Gasteiger partial charge in [-0.2, -0.15) is 5.26 Å². The molecule has 0 aliphatic carbocycles. The molecule has 27 heavy (non-hydrogen) atoms. The Bertz CT molecular complexity index is 1050. The molecule has 1 aliphatic rings. The van der Waals surface area contributed by atoms with E-state index < -0.39 is 11.7 Å². The lowest BCUT2D eigenvalue weighted by molar-refractivity contribution is 0.0704. The number of hydrogen-bond donors (Lipinski definition) is 1. The highest BCUT2D eigenvalue weighted by Gasteiger charge is 2.19. The molecule has 1 saturated heterocycles. The van der Waals surface area contributed by atoms with Crippen LogP contribution in [0.4, 0.5) is 10.1 Å². The number of rotatable bonds is 3. The van der Waals surface area contributed by atoms with Crippen molar-refractivity contribution >= 4 is 22.8 Å². The second-order valence-electron chi connectivity index (χ2n) is 6.32. The van der Waals surface area contributed by atoms with Crippen molar-refractivity contribution in [3.05, 3.63) is 53.7 Å². The molecule has 0 radical (unpaired) electrons. The normalized spacial score (nSPS) is 14.8. The van der Waals surface area contributed by atoms with Crippen LogP contribution in [0, 0.1) is 17.1 Å². The molecule has 2 aromatic heterocycles. The van der Waals surface area contributed by atoms with Gasteiger partial charge in [-0.1, -0.05) is 0 Å². The summed E-state index contributed by atoms with van der Waals surface area (Å²) in [4.78, 5) is 21.3. The first kappa shape index (κ1) is 17.1. The Morgan fingerprint density at radius 1 is 1.30 bits per heavy atom. The van der Waals surface area contributed by atoms with Crippen LogP contribution in [-0.4, -0.2) is 33.7 Å². The van der Waals surface area contributed by atoms with Gasteiger partial charge < -0.3 is 14.6 Å². The summed E-state index contributed by atoms with van der Waals surface area (Å²) in [6, 6.07) is 7.54. The van der Waals surface area contributed by atoms with Gasteiger partial charge in [-0.25, -0.2) is 14.4 Å². The van der Waals surface area contributed by atoms with E-state index in [1.54, 1.807) is 18.5 Å². The zero-order chi connectivity index (χ0) is 18.8. The minimum absolute atomic E-state index is 0.128. The van der Waals surface area contributed by atoms with E-state index in [1.807, 2.05) is 4.57 Å². The van der Waals surface area contributed by atoms with Crippen LogP contribution in [0.1, 0.15) is 34.8 Å². The van der Waals surface area contributed by atoms with E-state index >= 15 is 0 Å². The van der Waals surface area contributed by atoms with Crippen molar-refractivity contribution in [1.82, 2.24) is 14.5 Å². The fourth-order valence-electron chi connectivity index (χ4n) is 3.17. The van der Waals surface area contributed by atoms with Crippen molar-refractivity contribution < 1.29 is 13.9 Å². The van der Waals surface area contributed by atoms with Crippen molar-refractivity contribution in [2.24, 2.45) is 0 Å². The molecular weight excluding hydrogens is 349 g/mol. The second kappa shape index (κ2) is 7.13. The number of carbonyl (C=O) groups is 1. The van der Waals surface area contributed by atoms with E-state index in [0.29, 0.717) is 36.0 Å². The highest BCUT2D eigenvalue weighted by atomic mass is 19.1. The molecular formula is C19H16FN5O2. The summed E-state index contributed by atoms with van der Waals surface area (Å²) in [6.07, 6.45) is 5.04. The third kappa shape index (κ3) is 3.37. The molecule has 1 fully saturated rings. The van der Waals surface area contributed by atoms with Crippen molar-refractivity contribution in [2.45, 2.75) is 18.9 Å². The lowest BCUT2D eigenvalue weighted by atomic mass is 10.1. The maximum absolute atomic E-state index is 13.4. The number of aromatic nitrogens is 3. The molecule has 0 spiro atoms. The van der Waals surface area contributed by atoms with Crippen LogP contribution in [0.2, 0.25) is 0 Å². The largest absolute Gasteiger partial charge is 0.381 e. The predicted octanol–water partition coefficient (Wildman–Crippen LogP) is 3.05. The molecule has 0 bridgehead atoms. The summed E-state index contributed by atoms with van der Waals surface area (Å²) in [5.41, 5.74) is 1.91. The van der Waals surface area contributed by atoms with Crippen LogP contribution < -0.4 is 5.32 Å². The highest BCUT2D eigenvalue weighted by molar-refractivity contribution is 6.05. The number of fused-ring (bicyclic) bond motifs is 1. The Balaban J connectivity index is 1.57. The molecule has 1 aromatic carbocycles. The number of benzene rings is 1. The molecule has 3 heterocycles. The fourth-order valence-corrected chi connectivity index (χ4v) is 3.17. The monoisotopic (exact) mass is 365 g/mol. The van der Waals surface area contributed by atoms with Crippen molar-refractivity contribution in [1.29, 1.82) is 5.26 Å². The number of pyridine rings is 1. The number of amides is 1. The van der Waals surface area contributed by atoms with Crippen LogP contribution >= 0.6 is 0 Å². The topological polar surface area (TPSA) is 92.8 Å². The van der Waals surface area contributed by atoms with Crippen LogP contribution in [0.15, 0.2) is 36.8 Å². The summed E-state index contributed by atoms with van der Waals surface area (Å²) in [6.45, 7) is 1.43. The van der Waals surface area contributed by atoms with Gasteiger partial charge in [0.25, 0.3) is 5.91 Å². The average molecular weight is 365 g/mol. The molecule has 0 unspecified atom stereocenters. The van der Waals surface area contributed by atoms with Crippen molar-refractivity contribution in [3.8, 4) is 6.07 Å². The Hall–Kier alpha value is -3.31. The summed E-state index contributed by atoms with van der Waals surface area (Å²) >= 11 is 0. The van der Waals surface area contributed by atoms with Crippen molar-refractivity contribution in [2.75, 3.05) is 18.5 Å². The average Bonchev–Trinajstić information content (AvgIpc) is 3.13. The van der Waals surface area contributed by atoms with Gasteiger partial charge >= 0.3 is 0 Å². The first-order valence-corrected chi connectivity index (χ1v) is 8.57. The van der Waals surface area contributed by atoms with E-state index in [4.69, 9.17) is 10.00 Å². The second-order valence-corrected chi connectivity index (χ2v) is 6.32. The van der Waals surface area contributed by atoms with Gasteiger partial charge in [0.05, 0.1) is 17.5 Å². The maximum Gasteiger partial charge on any atom is 0.257 e. The first-order valence-electron chi connectivity index (χ1n) is 8.57. The Labute approximate surface area is 154 Å². The zero-order valence-electron chi connectivity index (χ0n) is 14.4. The van der Waals surface area contributed by atoms with Gasteiger partial charge in [-0.3, -0.25) is 4.79 Å². The van der Waals surface area contributed by atoms with Gasteiger partial charge in [-0.05, 0) is 37.1 Å². The first-order chi connectivity index (χ1) is 13.2. The number of imidazole rings is 1. The fraction of sp³-hybridized carbons (Fsp3) is 0.263. The lowest BCUT2D eigenvalue weighted by Gasteiger charge is -2.23. The van der Waals surface area contributed by atoms with E-state index in [-0.39, 0.29) is 5.56 Å². The summed E-state index contributed by atoms with van der Waals surface area (Å²) in [7, 11) is 0. The van der Waals surface area contributed by atoms with Gasteiger partial charge in [0, 0.05) is 31.1 Å². The third-order valence-electron chi connectivity index (χ3n) is 4.60. The van der Waals surface area contributed by atoms with Crippen molar-refractivity contribution in [3.63, 3.8) is 0 Å². The Kier molecular flexibility index (Phi) is 4.52. The molecule has 1 N–H and O–H groups in total. The predicted molar refractivity (Wildman–Crippen MR) is 95.7 cm³/mol. The van der Waals surface area contributed by atoms with E-state index in [9.17, 15) is 9.18 Å². The highest BCUT2D eigenvalue weighted by Crippen LogP contribution is 2.25. The summed E-state index contributed by atoms with van der Waals surface area (Å²) in [5.74, 6) is -1.03. The number of nitrogens with one attached hydrogen (secondary N) is 1. The van der Waals surface area contributed by atoms with Gasteiger partial charge in [0.1, 0.15) is 17.4 Å². The molecule has 4 rings (SSSR count). The van der Waals surface area contributed by atoms with Crippen LogP contribution in [0.3, 0.4) is 0 Å². The number of halogens is 1. The third-order valence-corrected chi connectivity index (χ3v) is 4.60. The number of nitrogens with zero attached hydrogens (tertiary/aromatic N) is 4. The molecule has 1 amide bonds. The zero-order valence-corrected chi connectivity index (χ0v) is 14.4. The minimum Gasteiger partial charge on any atom is -0.381 e. The maximum atomic E-state index is 13.4. The van der Waals surface area contributed by atoms with Crippen LogP contribution in [0.25, 0.3) is 11.2 Å². The molecule has 3 aromatic rings. The molecule has 0 atom stereocenters. The number of nitriles is 1. The standard InChI is InChI=1S/C19H16FN5O2/c20-16-2-1-14(7-12(16)9-21)24-19(26)13-8-17-18(22-10-13)25(11-23-17)15-3-5-27-6-4-15/h1-2,7-8,10-11,15H,3-6H2,(H,24,26). The summed E-state index contributed by atoms with van der Waals surface area (Å²) in [5, 5.41) is 11.5. The Morgan fingerprint density at radius 3 is 2.89 bits per heavy atom. The van der Waals surface area contributed by atoms with E-state index in [1.165, 1.54) is 18.3 Å². The number of carbonyl (C=O) groups excluding carboxylic acids is 1. The SMILES string of the molecule is N#Cc1cc(NC(=O)c2cnc3c(c2)ncn3C2CCOCC2)ccc1F. The lowest BCUT2D eigenvalue weighted by Crippen LogP contribution is -2.19. The number of anilines is 1. The number of hydrogen-bond acceptors (Lipinski definition) is 5. The molecule has 136 valence electrons. The smallest absolute Gasteiger partial charge is 0.257 e. The van der Waals surface area contributed by atoms with Gasteiger partial charge in [0.2, 0.25) is 0 Å². The number of ether oxygens (including phenoxy) is 1. The van der Waals surface area contributed by atoms with Crippen LogP contribution in [0.5, 0.6) is 0 Å². The van der Waals surface area contributed by atoms with Crippen LogP contribution in [-0.2, 0) is 4.74 Å². The quantitative estimate of drug-likeness (QED) is 0.770.